The second kappa shape index (κ2) is 13.8. The van der Waals surface area contributed by atoms with Gasteiger partial charge in [-0.2, -0.15) is 11.8 Å². The van der Waals surface area contributed by atoms with Crippen molar-refractivity contribution in [3.05, 3.63) is 59.2 Å². The molecular formula is C29H37N3O5S. The van der Waals surface area contributed by atoms with Crippen molar-refractivity contribution >= 4 is 35.4 Å². The third-order valence-corrected chi connectivity index (χ3v) is 6.20. The molecule has 0 aliphatic carbocycles. The van der Waals surface area contributed by atoms with E-state index >= 15 is 0 Å². The number of hydrogen-bond donors (Lipinski definition) is 2. The lowest BCUT2D eigenvalue weighted by atomic mass is 9.96. The number of hydrogen-bond acceptors (Lipinski definition) is 6. The number of benzene rings is 2. The first-order chi connectivity index (χ1) is 17.9. The van der Waals surface area contributed by atoms with E-state index in [2.05, 4.69) is 16.7 Å². The predicted octanol–water partition coefficient (Wildman–Crippen LogP) is 5.06. The second-order valence-corrected chi connectivity index (χ2v) is 10.8. The molecule has 0 bridgehead atoms. The monoisotopic (exact) mass is 539 g/mol. The van der Waals surface area contributed by atoms with Crippen LogP contribution in [0.15, 0.2) is 42.5 Å². The molecule has 8 nitrogen and oxygen atoms in total. The minimum absolute atomic E-state index is 0.303. The standard InChI is InChI=1S/C29H37N3O5S/c1-9-32(27(34)24(16-17-38-8)31-28(35)37-29(4,5)6)25(23-15-10-19(2)18-20(23)3)26(33)30-21-11-13-22(36-7)14-12-21/h1,10-15,18,24-25H,16-17H2,2-8H3,(H,30,33)(H,31,35). The minimum atomic E-state index is -1.15. The van der Waals surface area contributed by atoms with Gasteiger partial charge < -0.3 is 20.1 Å². The van der Waals surface area contributed by atoms with Gasteiger partial charge >= 0.3 is 6.09 Å². The van der Waals surface area contributed by atoms with Gasteiger partial charge in [0.15, 0.2) is 0 Å². The molecule has 0 fully saturated rings. The summed E-state index contributed by atoms with van der Waals surface area (Å²) in [5.74, 6) is 0.146. The number of terminal acetylenes is 1. The van der Waals surface area contributed by atoms with Crippen molar-refractivity contribution in [2.24, 2.45) is 0 Å². The van der Waals surface area contributed by atoms with Gasteiger partial charge in [0.1, 0.15) is 23.4 Å². The van der Waals surface area contributed by atoms with Crippen LogP contribution in [0.25, 0.3) is 0 Å². The van der Waals surface area contributed by atoms with E-state index in [4.69, 9.17) is 15.9 Å². The number of nitrogens with zero attached hydrogens (tertiary/aromatic N) is 1. The molecular weight excluding hydrogens is 502 g/mol. The highest BCUT2D eigenvalue weighted by atomic mass is 32.2. The normalized spacial score (nSPS) is 12.5. The lowest BCUT2D eigenvalue weighted by Gasteiger charge is -2.31. The van der Waals surface area contributed by atoms with E-state index in [1.165, 1.54) is 11.8 Å². The topological polar surface area (TPSA) is 97.0 Å². The number of carbonyl (C=O) groups is 3. The Morgan fingerprint density at radius 2 is 1.76 bits per heavy atom. The molecule has 0 heterocycles. The van der Waals surface area contributed by atoms with E-state index in [1.807, 2.05) is 32.2 Å². The van der Waals surface area contributed by atoms with E-state index in [1.54, 1.807) is 58.2 Å². The molecule has 0 spiro atoms. The molecule has 0 aromatic heterocycles. The van der Waals surface area contributed by atoms with Gasteiger partial charge in [0, 0.05) is 11.7 Å². The van der Waals surface area contributed by atoms with E-state index in [-0.39, 0.29) is 0 Å². The molecule has 0 aliphatic heterocycles. The van der Waals surface area contributed by atoms with Crippen LogP contribution in [0.3, 0.4) is 0 Å². The molecule has 0 saturated heterocycles. The van der Waals surface area contributed by atoms with Gasteiger partial charge in [0.2, 0.25) is 0 Å². The van der Waals surface area contributed by atoms with Crippen LogP contribution < -0.4 is 15.4 Å². The maximum Gasteiger partial charge on any atom is 0.408 e. The number of anilines is 1. The minimum Gasteiger partial charge on any atom is -0.497 e. The molecule has 3 amide bonds. The summed E-state index contributed by atoms with van der Waals surface area (Å²) in [6.45, 7) is 9.01. The summed E-state index contributed by atoms with van der Waals surface area (Å²) < 4.78 is 10.6. The lowest BCUT2D eigenvalue weighted by Crippen LogP contribution is -2.51. The Morgan fingerprint density at radius 1 is 1.11 bits per heavy atom. The average Bonchev–Trinajstić information content (AvgIpc) is 2.84. The zero-order valence-electron chi connectivity index (χ0n) is 23.1. The van der Waals surface area contributed by atoms with E-state index < -0.39 is 35.6 Å². The summed E-state index contributed by atoms with van der Waals surface area (Å²) in [6, 6.07) is 12.7. The van der Waals surface area contributed by atoms with E-state index in [9.17, 15) is 14.4 Å². The van der Waals surface area contributed by atoms with Crippen molar-refractivity contribution in [1.29, 1.82) is 0 Å². The van der Waals surface area contributed by atoms with Crippen molar-refractivity contribution in [3.63, 3.8) is 0 Å². The van der Waals surface area contributed by atoms with Crippen LogP contribution in [-0.2, 0) is 14.3 Å². The summed E-state index contributed by atoms with van der Waals surface area (Å²) in [4.78, 5) is 41.1. The van der Waals surface area contributed by atoms with Gasteiger partial charge in [-0.25, -0.2) is 4.79 Å². The largest absolute Gasteiger partial charge is 0.497 e. The molecule has 2 rings (SSSR count). The number of alkyl carbamates (subject to hydrolysis) is 1. The fourth-order valence-electron chi connectivity index (χ4n) is 3.79. The van der Waals surface area contributed by atoms with Gasteiger partial charge in [0.25, 0.3) is 11.8 Å². The number of nitrogens with one attached hydrogen (secondary N) is 2. The summed E-state index contributed by atoms with van der Waals surface area (Å²) in [5.41, 5.74) is 2.15. The summed E-state index contributed by atoms with van der Waals surface area (Å²) >= 11 is 1.52. The fraction of sp³-hybridized carbons (Fsp3) is 0.414. The maximum atomic E-state index is 13.8. The van der Waals surface area contributed by atoms with Gasteiger partial charge in [-0.3, -0.25) is 14.5 Å². The highest BCUT2D eigenvalue weighted by Gasteiger charge is 2.36. The van der Waals surface area contributed by atoms with Crippen LogP contribution in [0, 0.1) is 26.3 Å². The third kappa shape index (κ3) is 8.73. The highest BCUT2D eigenvalue weighted by molar-refractivity contribution is 7.98. The van der Waals surface area contributed by atoms with Crippen LogP contribution >= 0.6 is 11.8 Å². The first kappa shape index (κ1) is 30.6. The molecule has 38 heavy (non-hydrogen) atoms. The number of methoxy groups -OCH3 is 1. The van der Waals surface area contributed by atoms with Crippen molar-refractivity contribution in [2.45, 2.75) is 58.7 Å². The molecule has 0 saturated carbocycles. The van der Waals surface area contributed by atoms with Gasteiger partial charge in [-0.05, 0) is 88.4 Å². The van der Waals surface area contributed by atoms with Crippen molar-refractivity contribution in [3.8, 4) is 18.2 Å². The molecule has 2 atom stereocenters. The zero-order chi connectivity index (χ0) is 28.5. The Balaban J connectivity index is 2.47. The van der Waals surface area contributed by atoms with E-state index in [0.29, 0.717) is 29.2 Å². The first-order valence-corrected chi connectivity index (χ1v) is 13.6. The van der Waals surface area contributed by atoms with Gasteiger partial charge in [-0.15, -0.1) is 0 Å². The van der Waals surface area contributed by atoms with Crippen molar-refractivity contribution in [1.82, 2.24) is 10.2 Å². The number of thioether (sulfide) groups is 1. The zero-order valence-corrected chi connectivity index (χ0v) is 23.9. The number of amides is 3. The molecule has 0 aliphatic rings. The molecule has 2 N–H and O–H groups in total. The average molecular weight is 540 g/mol. The quantitative estimate of drug-likeness (QED) is 0.324. The van der Waals surface area contributed by atoms with Crippen LogP contribution in [0.4, 0.5) is 10.5 Å². The first-order valence-electron chi connectivity index (χ1n) is 12.2. The summed E-state index contributed by atoms with van der Waals surface area (Å²) in [5, 5.41) is 5.50. The number of ether oxygens (including phenoxy) is 2. The van der Waals surface area contributed by atoms with Crippen molar-refractivity contribution < 1.29 is 23.9 Å². The maximum absolute atomic E-state index is 13.8. The Morgan fingerprint density at radius 3 is 2.29 bits per heavy atom. The second-order valence-electron chi connectivity index (χ2n) is 9.80. The SMILES string of the molecule is C#CN(C(=O)C(CCSC)NC(=O)OC(C)(C)C)C(C(=O)Nc1ccc(OC)cc1)c1ccc(C)cc1C. The van der Waals surface area contributed by atoms with Crippen LogP contribution in [0.2, 0.25) is 0 Å². The smallest absolute Gasteiger partial charge is 0.408 e. The molecule has 2 aromatic carbocycles. The molecule has 0 radical (unpaired) electrons. The molecule has 2 aromatic rings. The Labute approximate surface area is 229 Å². The summed E-state index contributed by atoms with van der Waals surface area (Å²) in [6.07, 6.45) is 7.33. The predicted molar refractivity (Wildman–Crippen MR) is 152 cm³/mol. The van der Waals surface area contributed by atoms with Gasteiger partial charge in [-0.1, -0.05) is 30.2 Å². The molecule has 2 unspecified atom stereocenters. The van der Waals surface area contributed by atoms with Crippen LogP contribution in [0.5, 0.6) is 5.75 Å². The Kier molecular flexibility index (Phi) is 11.1. The Hall–Kier alpha value is -3.64. The van der Waals surface area contributed by atoms with Crippen LogP contribution in [0.1, 0.15) is 49.9 Å². The third-order valence-electron chi connectivity index (χ3n) is 5.56. The number of aryl methyl sites for hydroxylation is 2. The molecule has 204 valence electrons. The number of carbonyl (C=O) groups excluding carboxylic acids is 3. The number of rotatable bonds is 10. The van der Waals surface area contributed by atoms with Gasteiger partial charge in [0.05, 0.1) is 7.11 Å². The Bertz CT molecular complexity index is 1170. The summed E-state index contributed by atoms with van der Waals surface area (Å²) in [7, 11) is 1.55. The van der Waals surface area contributed by atoms with Crippen molar-refractivity contribution in [2.75, 3.05) is 24.4 Å². The van der Waals surface area contributed by atoms with Crippen LogP contribution in [-0.4, -0.2) is 53.6 Å². The fourth-order valence-corrected chi connectivity index (χ4v) is 4.26. The highest BCUT2D eigenvalue weighted by Crippen LogP contribution is 2.28. The van der Waals surface area contributed by atoms with E-state index in [0.717, 1.165) is 16.0 Å². The lowest BCUT2D eigenvalue weighted by molar-refractivity contribution is -0.136. The molecule has 9 heteroatoms.